The van der Waals surface area contributed by atoms with Crippen molar-refractivity contribution >= 4 is 17.5 Å². The van der Waals surface area contributed by atoms with Crippen molar-refractivity contribution in [2.75, 3.05) is 6.54 Å². The molecule has 18 heavy (non-hydrogen) atoms. The Labute approximate surface area is 113 Å². The van der Waals surface area contributed by atoms with Crippen LogP contribution in [0.3, 0.4) is 0 Å². The van der Waals surface area contributed by atoms with E-state index >= 15 is 0 Å². The third-order valence-electron chi connectivity index (χ3n) is 3.06. The van der Waals surface area contributed by atoms with Crippen molar-refractivity contribution in [3.63, 3.8) is 0 Å². The van der Waals surface area contributed by atoms with E-state index in [0.29, 0.717) is 18.0 Å². The maximum atomic E-state index is 11.4. The topological polar surface area (TPSA) is 72.9 Å². The Bertz CT molecular complexity index is 399. The fraction of sp³-hybridized carbons (Fsp3) is 0.667. The van der Waals surface area contributed by atoms with Crippen molar-refractivity contribution in [1.29, 1.82) is 0 Å². The van der Waals surface area contributed by atoms with Gasteiger partial charge in [0.1, 0.15) is 0 Å². The predicted octanol–water partition coefficient (Wildman–Crippen LogP) is 1.48. The molecule has 0 bridgehead atoms. The molecule has 1 unspecified atom stereocenters. The molecule has 6 heteroatoms. The maximum Gasteiger partial charge on any atom is 0.237 e. The number of rotatable bonds is 7. The monoisotopic (exact) mass is 272 g/mol. The van der Waals surface area contributed by atoms with Gasteiger partial charge in [-0.2, -0.15) is 5.10 Å². The number of aromatic nitrogens is 2. The molecule has 1 aromatic rings. The zero-order chi connectivity index (χ0) is 13.8. The molecule has 0 aliphatic carbocycles. The van der Waals surface area contributed by atoms with Crippen LogP contribution in [0.2, 0.25) is 5.02 Å². The average Bonchev–Trinajstić information content (AvgIpc) is 2.58. The van der Waals surface area contributed by atoms with E-state index in [-0.39, 0.29) is 5.91 Å². The summed E-state index contributed by atoms with van der Waals surface area (Å²) >= 11 is 5.93. The molecule has 0 radical (unpaired) electrons. The lowest BCUT2D eigenvalue weighted by atomic mass is 9.95. The fourth-order valence-electron chi connectivity index (χ4n) is 1.89. The first-order chi connectivity index (χ1) is 8.39. The number of hydrogen-bond acceptors (Lipinski definition) is 3. The first-order valence-electron chi connectivity index (χ1n) is 6.13. The molecule has 0 aliphatic rings. The summed E-state index contributed by atoms with van der Waals surface area (Å²) in [6, 6.07) is 0. The van der Waals surface area contributed by atoms with Crippen molar-refractivity contribution in [3.8, 4) is 0 Å². The third-order valence-corrected chi connectivity index (χ3v) is 3.43. The van der Waals surface area contributed by atoms with E-state index in [4.69, 9.17) is 17.3 Å². The number of hydrogen-bond donors (Lipinski definition) is 2. The third kappa shape index (κ3) is 3.71. The first kappa shape index (κ1) is 15.0. The van der Waals surface area contributed by atoms with Crippen molar-refractivity contribution < 1.29 is 4.79 Å². The van der Waals surface area contributed by atoms with Gasteiger partial charge in [-0.1, -0.05) is 18.5 Å². The molecular weight excluding hydrogens is 252 g/mol. The predicted molar refractivity (Wildman–Crippen MR) is 72.5 cm³/mol. The van der Waals surface area contributed by atoms with Crippen molar-refractivity contribution in [2.45, 2.75) is 45.7 Å². The zero-order valence-electron chi connectivity index (χ0n) is 11.2. The minimum absolute atomic E-state index is 0.320. The Kier molecular flexibility index (Phi) is 5.16. The fourth-order valence-corrected chi connectivity index (χ4v) is 2.04. The van der Waals surface area contributed by atoms with E-state index in [1.165, 1.54) is 0 Å². The number of carbonyl (C=O) groups excluding carboxylic acids is 1. The van der Waals surface area contributed by atoms with Crippen molar-refractivity contribution in [2.24, 2.45) is 5.73 Å². The second-order valence-electron chi connectivity index (χ2n) is 4.66. The number of aryl methyl sites for hydroxylation is 2. The highest BCUT2D eigenvalue weighted by atomic mass is 35.5. The molecular formula is C12H21ClN4O. The molecule has 1 atom stereocenters. The van der Waals surface area contributed by atoms with E-state index < -0.39 is 5.54 Å². The van der Waals surface area contributed by atoms with Gasteiger partial charge in [-0.25, -0.2) is 0 Å². The highest BCUT2D eigenvalue weighted by molar-refractivity contribution is 6.31. The van der Waals surface area contributed by atoms with Gasteiger partial charge >= 0.3 is 0 Å². The van der Waals surface area contributed by atoms with Crippen molar-refractivity contribution in [1.82, 2.24) is 15.1 Å². The summed E-state index contributed by atoms with van der Waals surface area (Å²) in [5.41, 5.74) is 5.59. The molecule has 5 nitrogen and oxygen atoms in total. The van der Waals surface area contributed by atoms with Crippen molar-refractivity contribution in [3.05, 3.63) is 16.9 Å². The number of nitrogens with zero attached hydrogens (tertiary/aromatic N) is 2. The van der Waals surface area contributed by atoms with Crippen LogP contribution in [0.15, 0.2) is 6.20 Å². The Hall–Kier alpha value is -1.07. The summed E-state index contributed by atoms with van der Waals surface area (Å²) in [7, 11) is 0. The van der Waals surface area contributed by atoms with Gasteiger partial charge in [-0.3, -0.25) is 9.48 Å². The summed E-state index contributed by atoms with van der Waals surface area (Å²) in [5, 5.41) is 8.07. The van der Waals surface area contributed by atoms with Crippen LogP contribution >= 0.6 is 11.6 Å². The van der Waals surface area contributed by atoms with Gasteiger partial charge in [0.25, 0.3) is 0 Å². The van der Waals surface area contributed by atoms with Crippen LogP contribution in [0, 0.1) is 6.92 Å². The van der Waals surface area contributed by atoms with Crippen LogP contribution in [0.25, 0.3) is 0 Å². The number of amides is 1. The summed E-state index contributed by atoms with van der Waals surface area (Å²) in [5.74, 6) is -0.320. The molecule has 1 aromatic heterocycles. The molecule has 0 saturated heterocycles. The lowest BCUT2D eigenvalue weighted by Gasteiger charge is -2.26. The molecule has 1 rings (SSSR count). The zero-order valence-corrected chi connectivity index (χ0v) is 11.9. The molecule has 3 N–H and O–H groups in total. The number of likely N-dealkylation sites (N-methyl/N-ethyl adjacent to an activating group) is 1. The number of nitrogens with two attached hydrogens (primary N) is 1. The van der Waals surface area contributed by atoms with Crippen LogP contribution < -0.4 is 11.1 Å². The maximum absolute atomic E-state index is 11.4. The summed E-state index contributed by atoms with van der Waals surface area (Å²) in [6.07, 6.45) is 3.28. The Morgan fingerprint density at radius 1 is 1.67 bits per heavy atom. The number of primary amides is 1. The smallest absolute Gasteiger partial charge is 0.237 e. The summed E-state index contributed by atoms with van der Waals surface area (Å²) in [4.78, 5) is 11.4. The highest BCUT2D eigenvalue weighted by Crippen LogP contribution is 2.15. The Balaban J connectivity index is 2.51. The van der Waals surface area contributed by atoms with Crippen LogP contribution in [-0.2, 0) is 11.3 Å². The van der Waals surface area contributed by atoms with Crippen LogP contribution in [0.1, 0.15) is 32.4 Å². The SMILES string of the molecule is CCNC(C)(CCCn1cc(Cl)c(C)n1)C(N)=O. The van der Waals surface area contributed by atoms with E-state index in [0.717, 1.165) is 18.7 Å². The minimum atomic E-state index is -0.652. The molecule has 0 saturated carbocycles. The molecule has 0 aliphatic heterocycles. The van der Waals surface area contributed by atoms with E-state index in [2.05, 4.69) is 10.4 Å². The number of nitrogens with one attached hydrogen (secondary N) is 1. The van der Waals surface area contributed by atoms with Gasteiger partial charge in [0.15, 0.2) is 0 Å². The molecule has 1 amide bonds. The van der Waals surface area contributed by atoms with E-state index in [1.807, 2.05) is 20.8 Å². The summed E-state index contributed by atoms with van der Waals surface area (Å²) < 4.78 is 1.80. The van der Waals surface area contributed by atoms with Gasteiger partial charge in [0.2, 0.25) is 5.91 Å². The highest BCUT2D eigenvalue weighted by Gasteiger charge is 2.29. The molecule has 102 valence electrons. The Morgan fingerprint density at radius 3 is 2.78 bits per heavy atom. The van der Waals surface area contributed by atoms with Gasteiger partial charge < -0.3 is 11.1 Å². The molecule has 0 fully saturated rings. The number of carbonyl (C=O) groups is 1. The second-order valence-corrected chi connectivity index (χ2v) is 5.06. The van der Waals surface area contributed by atoms with Crippen LogP contribution in [0.5, 0.6) is 0 Å². The van der Waals surface area contributed by atoms with Crippen LogP contribution in [-0.4, -0.2) is 27.8 Å². The molecule has 0 aromatic carbocycles. The normalized spacial score (nSPS) is 14.4. The van der Waals surface area contributed by atoms with Gasteiger partial charge in [0, 0.05) is 12.7 Å². The largest absolute Gasteiger partial charge is 0.368 e. The summed E-state index contributed by atoms with van der Waals surface area (Å²) in [6.45, 7) is 7.09. The lowest BCUT2D eigenvalue weighted by Crippen LogP contribution is -2.53. The first-order valence-corrected chi connectivity index (χ1v) is 6.51. The number of halogens is 1. The standard InChI is InChI=1S/C12H21ClN4O/c1-4-15-12(3,11(14)18)6-5-7-17-8-10(13)9(2)16-17/h8,15H,4-7H2,1-3H3,(H2,14,18). The van der Waals surface area contributed by atoms with E-state index in [9.17, 15) is 4.79 Å². The van der Waals surface area contributed by atoms with Gasteiger partial charge in [-0.15, -0.1) is 0 Å². The Morgan fingerprint density at radius 2 is 2.33 bits per heavy atom. The molecule has 0 spiro atoms. The lowest BCUT2D eigenvalue weighted by molar-refractivity contribution is -0.124. The quantitative estimate of drug-likeness (QED) is 0.790. The second kappa shape index (κ2) is 6.20. The minimum Gasteiger partial charge on any atom is -0.368 e. The average molecular weight is 273 g/mol. The molecule has 1 heterocycles. The van der Waals surface area contributed by atoms with E-state index in [1.54, 1.807) is 10.9 Å². The van der Waals surface area contributed by atoms with Gasteiger partial charge in [-0.05, 0) is 33.2 Å². The van der Waals surface area contributed by atoms with Crippen LogP contribution in [0.4, 0.5) is 0 Å². The van der Waals surface area contributed by atoms with Gasteiger partial charge in [0.05, 0.1) is 16.3 Å².